The number of carbonyl (C=O) groups is 2. The molecule has 138 valence electrons. The molecule has 2 unspecified atom stereocenters. The third-order valence-corrected chi connectivity index (χ3v) is 3.53. The summed E-state index contributed by atoms with van der Waals surface area (Å²) in [4.78, 5) is 26.9. The van der Waals surface area contributed by atoms with Gasteiger partial charge in [-0.15, -0.1) is 0 Å². The van der Waals surface area contributed by atoms with Gasteiger partial charge in [0, 0.05) is 24.5 Å². The smallest absolute Gasteiger partial charge is 0.407 e. The molecule has 0 aliphatic heterocycles. The van der Waals surface area contributed by atoms with Crippen molar-refractivity contribution >= 4 is 12.0 Å². The summed E-state index contributed by atoms with van der Waals surface area (Å²) in [7, 11) is 0. The summed E-state index contributed by atoms with van der Waals surface area (Å²) in [6.45, 7) is -0.159. The van der Waals surface area contributed by atoms with Crippen LogP contribution in [0.5, 0.6) is 0 Å². The Kier molecular flexibility index (Phi) is 7.03. The van der Waals surface area contributed by atoms with Gasteiger partial charge in [0.15, 0.2) is 0 Å². The van der Waals surface area contributed by atoms with E-state index in [-0.39, 0.29) is 24.3 Å². The molecule has 2 atom stereocenters. The molecule has 0 spiro atoms. The van der Waals surface area contributed by atoms with Gasteiger partial charge in [-0.3, -0.25) is 15.2 Å². The van der Waals surface area contributed by atoms with E-state index in [9.17, 15) is 19.8 Å². The highest BCUT2D eigenvalue weighted by atomic mass is 16.5. The second-order valence-corrected chi connectivity index (χ2v) is 5.44. The molecule has 0 fully saturated rings. The lowest BCUT2D eigenvalue weighted by atomic mass is 10.0. The van der Waals surface area contributed by atoms with Gasteiger partial charge in [-0.1, -0.05) is 30.3 Å². The van der Waals surface area contributed by atoms with Gasteiger partial charge in [-0.05, 0) is 11.6 Å². The van der Waals surface area contributed by atoms with E-state index in [0.29, 0.717) is 0 Å². The number of aromatic nitrogens is 1. The van der Waals surface area contributed by atoms with Gasteiger partial charge in [-0.25, -0.2) is 10.6 Å². The number of nitrogens with zero attached hydrogens (tertiary/aromatic N) is 1. The van der Waals surface area contributed by atoms with Crippen LogP contribution in [0.4, 0.5) is 4.79 Å². The molecule has 26 heavy (non-hydrogen) atoms. The number of ether oxygens (including phenoxy) is 1. The lowest BCUT2D eigenvalue weighted by molar-refractivity contribution is 0.0182. The number of hydrogen-bond donors (Lipinski definition) is 5. The van der Waals surface area contributed by atoms with Crippen molar-refractivity contribution in [3.63, 3.8) is 0 Å². The van der Waals surface area contributed by atoms with Gasteiger partial charge < -0.3 is 20.3 Å². The highest BCUT2D eigenvalue weighted by Crippen LogP contribution is 2.17. The molecule has 6 N–H and O–H groups in total. The zero-order valence-corrected chi connectivity index (χ0v) is 13.8. The second kappa shape index (κ2) is 9.47. The molecule has 0 saturated heterocycles. The van der Waals surface area contributed by atoms with Crippen LogP contribution in [0, 0.1) is 0 Å². The van der Waals surface area contributed by atoms with Crippen molar-refractivity contribution in [1.29, 1.82) is 0 Å². The average molecular weight is 360 g/mol. The summed E-state index contributed by atoms with van der Waals surface area (Å²) in [5.74, 6) is 4.46. The standard InChI is InChI=1S/C17H20N4O5/c18-21-16(24)13-6-12(7-19-8-13)15(23)14(22)9-20-17(25)26-10-11-4-2-1-3-5-11/h1-8,14-15,22-23H,9-10,18H2,(H,20,25)(H,21,24). The number of benzene rings is 1. The van der Waals surface area contributed by atoms with Gasteiger partial charge in [0.05, 0.1) is 5.56 Å². The fourth-order valence-electron chi connectivity index (χ4n) is 2.12. The Morgan fingerprint density at radius 1 is 1.19 bits per heavy atom. The molecule has 1 heterocycles. The Balaban J connectivity index is 1.84. The van der Waals surface area contributed by atoms with E-state index in [1.807, 2.05) is 35.8 Å². The lowest BCUT2D eigenvalue weighted by Crippen LogP contribution is -2.36. The number of nitrogens with two attached hydrogens (primary N) is 1. The van der Waals surface area contributed by atoms with Crippen LogP contribution in [-0.2, 0) is 11.3 Å². The number of hydrogen-bond acceptors (Lipinski definition) is 7. The first-order chi connectivity index (χ1) is 12.5. The molecule has 0 saturated carbocycles. The van der Waals surface area contributed by atoms with Crippen molar-refractivity contribution in [3.8, 4) is 0 Å². The molecule has 0 aliphatic rings. The van der Waals surface area contributed by atoms with Crippen molar-refractivity contribution in [3.05, 3.63) is 65.5 Å². The van der Waals surface area contributed by atoms with Crippen molar-refractivity contribution < 1.29 is 24.5 Å². The molecule has 2 amide bonds. The highest BCUT2D eigenvalue weighted by Gasteiger charge is 2.21. The number of aliphatic hydroxyl groups is 2. The van der Waals surface area contributed by atoms with E-state index in [4.69, 9.17) is 10.6 Å². The topological polar surface area (TPSA) is 147 Å². The molecule has 0 aliphatic carbocycles. The summed E-state index contributed by atoms with van der Waals surface area (Å²) < 4.78 is 5.01. The summed E-state index contributed by atoms with van der Waals surface area (Å²) in [6, 6.07) is 10.5. The zero-order valence-electron chi connectivity index (χ0n) is 13.8. The molecule has 1 aromatic carbocycles. The van der Waals surface area contributed by atoms with E-state index in [1.165, 1.54) is 18.5 Å². The van der Waals surface area contributed by atoms with Crippen LogP contribution in [0.1, 0.15) is 27.6 Å². The molecule has 0 bridgehead atoms. The fraction of sp³-hybridized carbons (Fsp3) is 0.235. The number of hydrazine groups is 1. The van der Waals surface area contributed by atoms with E-state index >= 15 is 0 Å². The SMILES string of the molecule is NNC(=O)c1cncc(C(O)C(O)CNC(=O)OCc2ccccc2)c1. The maximum absolute atomic E-state index is 11.7. The van der Waals surface area contributed by atoms with Crippen molar-refractivity contribution in [2.75, 3.05) is 6.54 Å². The Bertz CT molecular complexity index is 741. The van der Waals surface area contributed by atoms with Gasteiger partial charge in [0.2, 0.25) is 0 Å². The molecule has 9 nitrogen and oxygen atoms in total. The molecular formula is C17H20N4O5. The Morgan fingerprint density at radius 2 is 1.92 bits per heavy atom. The molecular weight excluding hydrogens is 340 g/mol. The minimum atomic E-state index is -1.36. The third kappa shape index (κ3) is 5.52. The number of carbonyl (C=O) groups excluding carboxylic acids is 2. The van der Waals surface area contributed by atoms with E-state index in [0.717, 1.165) is 5.56 Å². The molecule has 2 rings (SSSR count). The Morgan fingerprint density at radius 3 is 2.62 bits per heavy atom. The average Bonchev–Trinajstić information content (AvgIpc) is 2.70. The van der Waals surface area contributed by atoms with E-state index in [1.54, 1.807) is 0 Å². The van der Waals surface area contributed by atoms with Crippen LogP contribution in [0.15, 0.2) is 48.8 Å². The van der Waals surface area contributed by atoms with Gasteiger partial charge in [0.1, 0.15) is 18.8 Å². The number of nitrogens with one attached hydrogen (secondary N) is 2. The maximum atomic E-state index is 11.7. The Labute approximate surface area is 149 Å². The summed E-state index contributed by atoms with van der Waals surface area (Å²) in [6.07, 6.45) is -0.840. The van der Waals surface area contributed by atoms with Crippen LogP contribution in [0.2, 0.25) is 0 Å². The molecule has 2 aromatic rings. The van der Waals surface area contributed by atoms with Crippen LogP contribution in [0.3, 0.4) is 0 Å². The predicted molar refractivity (Wildman–Crippen MR) is 91.5 cm³/mol. The number of aliphatic hydroxyl groups excluding tert-OH is 2. The van der Waals surface area contributed by atoms with Crippen molar-refractivity contribution in [1.82, 2.24) is 15.7 Å². The van der Waals surface area contributed by atoms with Crippen LogP contribution >= 0.6 is 0 Å². The van der Waals surface area contributed by atoms with Crippen LogP contribution in [-0.4, -0.2) is 39.8 Å². The van der Waals surface area contributed by atoms with Crippen molar-refractivity contribution in [2.45, 2.75) is 18.8 Å². The zero-order chi connectivity index (χ0) is 18.9. The largest absolute Gasteiger partial charge is 0.445 e. The highest BCUT2D eigenvalue weighted by molar-refractivity contribution is 5.93. The molecule has 0 radical (unpaired) electrons. The maximum Gasteiger partial charge on any atom is 0.407 e. The first-order valence-electron chi connectivity index (χ1n) is 7.78. The number of nitrogen functional groups attached to an aromatic ring is 1. The number of alkyl carbamates (subject to hydrolysis) is 1. The summed E-state index contributed by atoms with van der Waals surface area (Å²) in [5.41, 5.74) is 3.11. The first kappa shape index (κ1) is 19.3. The minimum Gasteiger partial charge on any atom is -0.445 e. The lowest BCUT2D eigenvalue weighted by Gasteiger charge is -2.18. The first-order valence-corrected chi connectivity index (χ1v) is 7.78. The summed E-state index contributed by atoms with van der Waals surface area (Å²) in [5, 5.41) is 22.5. The van der Waals surface area contributed by atoms with Gasteiger partial charge in [0.25, 0.3) is 5.91 Å². The normalized spacial score (nSPS) is 12.7. The van der Waals surface area contributed by atoms with E-state index in [2.05, 4.69) is 10.3 Å². The fourth-order valence-corrected chi connectivity index (χ4v) is 2.12. The van der Waals surface area contributed by atoms with Crippen LogP contribution in [0.25, 0.3) is 0 Å². The molecule has 9 heteroatoms. The number of rotatable bonds is 7. The van der Waals surface area contributed by atoms with E-state index < -0.39 is 24.2 Å². The number of pyridine rings is 1. The van der Waals surface area contributed by atoms with Crippen LogP contribution < -0.4 is 16.6 Å². The molecule has 1 aromatic heterocycles. The minimum absolute atomic E-state index is 0.0888. The predicted octanol–water partition coefficient (Wildman–Crippen LogP) is 0.00580. The monoisotopic (exact) mass is 360 g/mol. The second-order valence-electron chi connectivity index (χ2n) is 5.44. The van der Waals surface area contributed by atoms with Gasteiger partial charge in [-0.2, -0.15) is 0 Å². The van der Waals surface area contributed by atoms with Gasteiger partial charge >= 0.3 is 6.09 Å². The Hall–Kier alpha value is -3.01. The summed E-state index contributed by atoms with van der Waals surface area (Å²) >= 11 is 0. The third-order valence-electron chi connectivity index (χ3n) is 3.53. The quantitative estimate of drug-likeness (QED) is 0.265. The number of amides is 2. The van der Waals surface area contributed by atoms with Crippen molar-refractivity contribution in [2.24, 2.45) is 5.84 Å².